The van der Waals surface area contributed by atoms with Crippen LogP contribution in [-0.4, -0.2) is 64.5 Å². The molecule has 3 aliphatic heterocycles. The number of esters is 1. The third kappa shape index (κ3) is 6.80. The van der Waals surface area contributed by atoms with Crippen molar-refractivity contribution in [1.29, 1.82) is 0 Å². The van der Waals surface area contributed by atoms with Gasteiger partial charge in [-0.1, -0.05) is 45.0 Å². The molecule has 1 spiro atoms. The Morgan fingerprint density at radius 1 is 1.05 bits per heavy atom. The van der Waals surface area contributed by atoms with Gasteiger partial charge in [0, 0.05) is 30.9 Å². The minimum absolute atomic E-state index is 0.0913. The molecule has 2 aromatic rings. The number of ketones is 1. The van der Waals surface area contributed by atoms with E-state index in [1.807, 2.05) is 57.2 Å². The highest BCUT2D eigenvalue weighted by Crippen LogP contribution is 2.31. The van der Waals surface area contributed by atoms with Gasteiger partial charge in [0.25, 0.3) is 0 Å². The van der Waals surface area contributed by atoms with Gasteiger partial charge < -0.3 is 14.8 Å². The fraction of sp³-hybridized carbons (Fsp3) is 0.545. The third-order valence-electron chi connectivity index (χ3n) is 8.59. The second-order valence-corrected chi connectivity index (χ2v) is 12.4. The number of rotatable bonds is 1. The number of hydrogen-bond donors (Lipinski definition) is 2. The lowest BCUT2D eigenvalue weighted by Gasteiger charge is -2.35. The van der Waals surface area contributed by atoms with E-state index in [0.717, 1.165) is 29.3 Å². The van der Waals surface area contributed by atoms with E-state index < -0.39 is 29.6 Å². The number of carbonyl (C=O) groups is 4. The van der Waals surface area contributed by atoms with E-state index in [0.29, 0.717) is 38.1 Å². The number of amides is 2. The monoisotopic (exact) mass is 590 g/mol. The number of nitrogens with one attached hydrogen (secondary N) is 2. The predicted molar refractivity (Wildman–Crippen MR) is 161 cm³/mol. The summed E-state index contributed by atoms with van der Waals surface area (Å²) in [7, 11) is 0. The highest BCUT2D eigenvalue weighted by Gasteiger charge is 2.43. The van der Waals surface area contributed by atoms with Gasteiger partial charge in [-0.15, -0.1) is 0 Å². The molecule has 43 heavy (non-hydrogen) atoms. The number of fused-ring (bicyclic) bond motifs is 4. The standard InChI is InChI=1S/C33H42N4O6/c1-20(2)29-28(38)18-21(3)31(40)37-16-7-8-26(36-37)30(39)34-22(4)25-12-11-24-10-9-23(19-27(24)35-25)13-15-33(32(41)43-29)14-5-6-17-42-33/h9-13,15,19-22,26,29,36H,5-8,14,16-18H2,1-4H3,(H,34,39)/b15-13+/t21-,22-,26+,29+,33?/m1/s1. The number of aromatic nitrogens is 1. The van der Waals surface area contributed by atoms with Gasteiger partial charge in [-0.25, -0.2) is 10.2 Å². The minimum atomic E-state index is -1.32. The molecule has 2 N–H and O–H groups in total. The number of benzene rings is 1. The first-order chi connectivity index (χ1) is 20.6. The molecule has 0 radical (unpaired) electrons. The quantitative estimate of drug-likeness (QED) is 0.477. The van der Waals surface area contributed by atoms with Crippen LogP contribution in [0.3, 0.4) is 0 Å². The predicted octanol–water partition coefficient (Wildman–Crippen LogP) is 4.04. The topological polar surface area (TPSA) is 127 Å². The number of nitrogens with zero attached hydrogens (tertiary/aromatic N) is 2. The number of Topliss-reactive ketones (excluding diaryl/α,β-unsaturated/α-hetero) is 1. The van der Waals surface area contributed by atoms with E-state index >= 15 is 0 Å². The van der Waals surface area contributed by atoms with Crippen LogP contribution in [0.1, 0.15) is 83.5 Å². The maximum atomic E-state index is 13.7. The Morgan fingerprint density at radius 3 is 2.58 bits per heavy atom. The van der Waals surface area contributed by atoms with Gasteiger partial charge in [-0.05, 0) is 68.7 Å². The summed E-state index contributed by atoms with van der Waals surface area (Å²) in [6.07, 6.45) is 5.72. The molecule has 1 unspecified atom stereocenters. The van der Waals surface area contributed by atoms with Crippen LogP contribution in [0.4, 0.5) is 0 Å². The molecule has 10 heteroatoms. The van der Waals surface area contributed by atoms with E-state index in [-0.39, 0.29) is 36.0 Å². The molecular weight excluding hydrogens is 548 g/mol. The first-order valence-electron chi connectivity index (χ1n) is 15.4. The Morgan fingerprint density at radius 2 is 1.84 bits per heavy atom. The van der Waals surface area contributed by atoms with Gasteiger partial charge in [0.05, 0.1) is 17.3 Å². The SMILES string of the molecule is CC(C)[C@@H]1OC(=O)C2(/C=C/c3ccc4ccc(nc4c3)[C@@H](C)NC(=O)[C@@H]3CCCN(N3)C(=O)[C@H](C)CC1=O)CCCCO2. The number of ether oxygens (including phenoxy) is 2. The van der Waals surface area contributed by atoms with Crippen molar-refractivity contribution in [3.8, 4) is 0 Å². The van der Waals surface area contributed by atoms with Gasteiger partial charge in [-0.3, -0.25) is 24.4 Å². The van der Waals surface area contributed by atoms with Crippen LogP contribution in [0.5, 0.6) is 0 Å². The molecular formula is C33H42N4O6. The van der Waals surface area contributed by atoms with Crippen LogP contribution in [0.2, 0.25) is 0 Å². The Balaban J connectivity index is 1.53. The molecule has 4 heterocycles. The fourth-order valence-corrected chi connectivity index (χ4v) is 5.98. The first-order valence-corrected chi connectivity index (χ1v) is 15.4. The van der Waals surface area contributed by atoms with Gasteiger partial charge >= 0.3 is 5.97 Å². The normalized spacial score (nSPS) is 30.4. The summed E-state index contributed by atoms with van der Waals surface area (Å²) in [5.41, 5.74) is 4.04. The Kier molecular flexibility index (Phi) is 9.27. The van der Waals surface area contributed by atoms with Crippen molar-refractivity contribution in [3.63, 3.8) is 0 Å². The smallest absolute Gasteiger partial charge is 0.343 e. The molecule has 230 valence electrons. The summed E-state index contributed by atoms with van der Waals surface area (Å²) in [5.74, 6) is -2.38. The zero-order valence-electron chi connectivity index (χ0n) is 25.4. The molecule has 0 saturated carbocycles. The molecule has 5 rings (SSSR count). The lowest BCUT2D eigenvalue weighted by Crippen LogP contribution is -2.58. The zero-order valence-corrected chi connectivity index (χ0v) is 25.4. The first kappa shape index (κ1) is 30.8. The van der Waals surface area contributed by atoms with E-state index in [1.54, 1.807) is 13.0 Å². The highest BCUT2D eigenvalue weighted by molar-refractivity contribution is 5.92. The van der Waals surface area contributed by atoms with Crippen molar-refractivity contribution in [3.05, 3.63) is 47.7 Å². The van der Waals surface area contributed by atoms with Crippen molar-refractivity contribution < 1.29 is 28.7 Å². The number of hydrazine groups is 1. The lowest BCUT2D eigenvalue weighted by atomic mass is 9.91. The van der Waals surface area contributed by atoms with Crippen molar-refractivity contribution in [2.24, 2.45) is 11.8 Å². The summed E-state index contributed by atoms with van der Waals surface area (Å²) in [5, 5.41) is 5.43. The third-order valence-corrected chi connectivity index (χ3v) is 8.59. The molecule has 3 aliphatic rings. The molecule has 0 aliphatic carbocycles. The average molecular weight is 591 g/mol. The summed E-state index contributed by atoms with van der Waals surface area (Å²) in [6.45, 7) is 8.04. The number of hydrogen-bond acceptors (Lipinski definition) is 8. The highest BCUT2D eigenvalue weighted by atomic mass is 16.6. The van der Waals surface area contributed by atoms with Crippen molar-refractivity contribution >= 4 is 40.5 Å². The second kappa shape index (κ2) is 12.9. The lowest BCUT2D eigenvalue weighted by molar-refractivity contribution is -0.180. The van der Waals surface area contributed by atoms with E-state index in [4.69, 9.17) is 14.5 Å². The van der Waals surface area contributed by atoms with E-state index in [9.17, 15) is 19.2 Å². The van der Waals surface area contributed by atoms with Crippen LogP contribution in [-0.2, 0) is 28.7 Å². The van der Waals surface area contributed by atoms with Crippen LogP contribution >= 0.6 is 0 Å². The summed E-state index contributed by atoms with van der Waals surface area (Å²) < 4.78 is 12.0. The fourth-order valence-electron chi connectivity index (χ4n) is 5.98. The van der Waals surface area contributed by atoms with Crippen molar-refractivity contribution in [2.75, 3.05) is 13.2 Å². The number of carbonyl (C=O) groups excluding carboxylic acids is 4. The molecule has 2 saturated heterocycles. The molecule has 5 atom stereocenters. The summed E-state index contributed by atoms with van der Waals surface area (Å²) >= 11 is 0. The Hall–Kier alpha value is -3.63. The maximum Gasteiger partial charge on any atom is 0.343 e. The van der Waals surface area contributed by atoms with Gasteiger partial charge in [0.2, 0.25) is 11.8 Å². The second-order valence-electron chi connectivity index (χ2n) is 12.4. The molecule has 2 amide bonds. The van der Waals surface area contributed by atoms with Crippen molar-refractivity contribution in [1.82, 2.24) is 20.7 Å². The summed E-state index contributed by atoms with van der Waals surface area (Å²) in [4.78, 5) is 58.7. The van der Waals surface area contributed by atoms with Gasteiger partial charge in [0.15, 0.2) is 17.5 Å². The van der Waals surface area contributed by atoms with Gasteiger partial charge in [0.1, 0.15) is 6.04 Å². The average Bonchev–Trinajstić information content (AvgIpc) is 3.01. The molecule has 5 bridgehead atoms. The van der Waals surface area contributed by atoms with Crippen LogP contribution in [0.15, 0.2) is 36.4 Å². The molecule has 2 fully saturated rings. The van der Waals surface area contributed by atoms with E-state index in [1.165, 1.54) is 5.01 Å². The van der Waals surface area contributed by atoms with Crippen LogP contribution in [0.25, 0.3) is 17.0 Å². The Labute approximate surface area is 252 Å². The molecule has 1 aromatic carbocycles. The van der Waals surface area contributed by atoms with Crippen molar-refractivity contribution in [2.45, 2.75) is 90.0 Å². The van der Waals surface area contributed by atoms with Crippen LogP contribution in [0, 0.1) is 11.8 Å². The Bertz CT molecular complexity index is 1420. The zero-order chi connectivity index (χ0) is 30.7. The van der Waals surface area contributed by atoms with Crippen LogP contribution < -0.4 is 10.7 Å². The minimum Gasteiger partial charge on any atom is -0.452 e. The molecule has 1 aromatic heterocycles. The maximum absolute atomic E-state index is 13.7. The van der Waals surface area contributed by atoms with E-state index in [2.05, 4.69) is 10.7 Å². The molecule has 10 nitrogen and oxygen atoms in total. The summed E-state index contributed by atoms with van der Waals surface area (Å²) in [6, 6.07) is 8.75. The number of cyclic esters (lactones) is 1. The largest absolute Gasteiger partial charge is 0.452 e. The number of pyridine rings is 1. The van der Waals surface area contributed by atoms with Gasteiger partial charge in [-0.2, -0.15) is 0 Å².